The summed E-state index contributed by atoms with van der Waals surface area (Å²) < 4.78 is 0. The highest BCUT2D eigenvalue weighted by Gasteiger charge is 2.44. The van der Waals surface area contributed by atoms with Crippen LogP contribution in [0.2, 0.25) is 0 Å². The Morgan fingerprint density at radius 2 is 1.36 bits per heavy atom. The molecule has 3 aromatic carbocycles. The molecule has 0 heterocycles. The number of carboxylic acid groups (broad SMARTS) is 2. The monoisotopic (exact) mass is 294 g/mol. The van der Waals surface area contributed by atoms with E-state index in [0.29, 0.717) is 5.39 Å². The topological polar surface area (TPSA) is 74.6 Å². The number of hydrogen-bond donors (Lipinski definition) is 2. The van der Waals surface area contributed by atoms with Gasteiger partial charge in [0.2, 0.25) is 0 Å². The van der Waals surface area contributed by atoms with Crippen molar-refractivity contribution in [3.63, 3.8) is 0 Å². The SMILES string of the molecule is CC(C(=O)O)(C(=O)O)c1cccc2cc3ccccc3cc12. The number of rotatable bonds is 3. The first-order valence-electron chi connectivity index (χ1n) is 6.83. The molecule has 0 fully saturated rings. The van der Waals surface area contributed by atoms with E-state index >= 15 is 0 Å². The van der Waals surface area contributed by atoms with Crippen LogP contribution in [0.5, 0.6) is 0 Å². The zero-order chi connectivity index (χ0) is 15.9. The molecule has 2 N–H and O–H groups in total. The third-order valence-corrected chi connectivity index (χ3v) is 4.14. The molecule has 22 heavy (non-hydrogen) atoms. The number of carboxylic acids is 2. The molecule has 3 aromatic rings. The molecule has 0 radical (unpaired) electrons. The Morgan fingerprint density at radius 1 is 0.818 bits per heavy atom. The van der Waals surface area contributed by atoms with Gasteiger partial charge in [-0.15, -0.1) is 0 Å². The van der Waals surface area contributed by atoms with E-state index in [4.69, 9.17) is 0 Å². The molecule has 4 nitrogen and oxygen atoms in total. The lowest BCUT2D eigenvalue weighted by molar-refractivity contribution is -0.156. The minimum atomic E-state index is -1.98. The maximum absolute atomic E-state index is 11.6. The van der Waals surface area contributed by atoms with E-state index in [0.717, 1.165) is 16.2 Å². The minimum absolute atomic E-state index is 0.288. The fourth-order valence-corrected chi connectivity index (χ4v) is 2.72. The predicted molar refractivity (Wildman–Crippen MR) is 84.1 cm³/mol. The van der Waals surface area contributed by atoms with Crippen LogP contribution in [-0.4, -0.2) is 22.2 Å². The summed E-state index contributed by atoms with van der Waals surface area (Å²) in [6, 6.07) is 16.6. The standard InChI is InChI=1S/C18H14O4/c1-18(16(19)20,17(21)22)15-8-4-7-13-9-11-5-2-3-6-12(11)10-14(13)15/h2-10H,1H3,(H,19,20)(H,21,22). The van der Waals surface area contributed by atoms with Gasteiger partial charge in [0.05, 0.1) is 0 Å². The molecular weight excluding hydrogens is 280 g/mol. The van der Waals surface area contributed by atoms with E-state index in [-0.39, 0.29) is 5.56 Å². The van der Waals surface area contributed by atoms with Crippen molar-refractivity contribution in [1.29, 1.82) is 0 Å². The minimum Gasteiger partial charge on any atom is -0.480 e. The summed E-state index contributed by atoms with van der Waals surface area (Å²) >= 11 is 0. The first-order valence-corrected chi connectivity index (χ1v) is 6.83. The predicted octanol–water partition coefficient (Wildman–Crippen LogP) is 3.42. The highest BCUT2D eigenvalue weighted by Crippen LogP contribution is 2.33. The van der Waals surface area contributed by atoms with Crippen molar-refractivity contribution in [2.75, 3.05) is 0 Å². The van der Waals surface area contributed by atoms with Gasteiger partial charge in [0.15, 0.2) is 5.41 Å². The van der Waals surface area contributed by atoms with Crippen LogP contribution in [0.25, 0.3) is 21.5 Å². The smallest absolute Gasteiger partial charge is 0.325 e. The summed E-state index contributed by atoms with van der Waals surface area (Å²) in [6.45, 7) is 1.22. The Bertz CT molecular complexity index is 897. The van der Waals surface area contributed by atoms with Gasteiger partial charge in [-0.2, -0.15) is 0 Å². The molecule has 3 rings (SSSR count). The van der Waals surface area contributed by atoms with Gasteiger partial charge in [0.25, 0.3) is 0 Å². The average molecular weight is 294 g/mol. The Hall–Kier alpha value is -2.88. The van der Waals surface area contributed by atoms with Crippen LogP contribution in [0, 0.1) is 0 Å². The van der Waals surface area contributed by atoms with Crippen molar-refractivity contribution in [2.45, 2.75) is 12.3 Å². The molecule has 0 atom stereocenters. The summed E-state index contributed by atoms with van der Waals surface area (Å²) in [5.74, 6) is -2.75. The van der Waals surface area contributed by atoms with E-state index in [1.165, 1.54) is 6.92 Å². The molecule has 0 aliphatic rings. The van der Waals surface area contributed by atoms with Gasteiger partial charge in [-0.3, -0.25) is 9.59 Å². The van der Waals surface area contributed by atoms with Gasteiger partial charge >= 0.3 is 11.9 Å². The van der Waals surface area contributed by atoms with Gasteiger partial charge in [0.1, 0.15) is 0 Å². The van der Waals surface area contributed by atoms with Gasteiger partial charge < -0.3 is 10.2 Å². The van der Waals surface area contributed by atoms with Crippen molar-refractivity contribution in [1.82, 2.24) is 0 Å². The van der Waals surface area contributed by atoms with Gasteiger partial charge in [0, 0.05) is 0 Å². The van der Waals surface area contributed by atoms with Gasteiger partial charge in [-0.05, 0) is 46.2 Å². The van der Waals surface area contributed by atoms with E-state index in [9.17, 15) is 19.8 Å². The first kappa shape index (κ1) is 14.1. The summed E-state index contributed by atoms with van der Waals surface area (Å²) in [5.41, 5.74) is -1.70. The van der Waals surface area contributed by atoms with E-state index in [2.05, 4.69) is 0 Å². The molecule has 110 valence electrons. The molecule has 0 unspecified atom stereocenters. The molecule has 0 saturated heterocycles. The number of carbonyl (C=O) groups is 2. The third-order valence-electron chi connectivity index (χ3n) is 4.14. The van der Waals surface area contributed by atoms with Crippen molar-refractivity contribution in [3.05, 3.63) is 60.2 Å². The first-order chi connectivity index (χ1) is 10.4. The van der Waals surface area contributed by atoms with E-state index in [1.807, 2.05) is 42.5 Å². The molecule has 0 aliphatic heterocycles. The van der Waals surface area contributed by atoms with Crippen LogP contribution in [-0.2, 0) is 15.0 Å². The van der Waals surface area contributed by atoms with Crippen LogP contribution in [0.15, 0.2) is 54.6 Å². The lowest BCUT2D eigenvalue weighted by atomic mass is 9.79. The second-order valence-electron chi connectivity index (χ2n) is 5.46. The van der Waals surface area contributed by atoms with Crippen molar-refractivity contribution >= 4 is 33.5 Å². The lowest BCUT2D eigenvalue weighted by Gasteiger charge is -2.22. The highest BCUT2D eigenvalue weighted by atomic mass is 16.4. The number of hydrogen-bond acceptors (Lipinski definition) is 2. The summed E-state index contributed by atoms with van der Waals surface area (Å²) in [7, 11) is 0. The van der Waals surface area contributed by atoms with Crippen LogP contribution in [0.1, 0.15) is 12.5 Å². The normalized spacial score (nSPS) is 11.7. The second kappa shape index (κ2) is 4.84. The maximum Gasteiger partial charge on any atom is 0.325 e. The van der Waals surface area contributed by atoms with Crippen LogP contribution >= 0.6 is 0 Å². The molecular formula is C18H14O4. The Labute approximate surface area is 126 Å². The molecule has 0 amide bonds. The summed E-state index contributed by atoms with van der Waals surface area (Å²) in [6.07, 6.45) is 0. The zero-order valence-electron chi connectivity index (χ0n) is 11.9. The van der Waals surface area contributed by atoms with Crippen LogP contribution in [0.4, 0.5) is 0 Å². The molecule has 0 aliphatic carbocycles. The number of fused-ring (bicyclic) bond motifs is 2. The summed E-state index contributed by atoms with van der Waals surface area (Å²) in [4.78, 5) is 23.2. The third kappa shape index (κ3) is 1.92. The number of aliphatic carboxylic acids is 2. The summed E-state index contributed by atoms with van der Waals surface area (Å²) in [5, 5.41) is 22.3. The van der Waals surface area contributed by atoms with Gasteiger partial charge in [-0.25, -0.2) is 0 Å². The van der Waals surface area contributed by atoms with Crippen molar-refractivity contribution in [3.8, 4) is 0 Å². The van der Waals surface area contributed by atoms with Crippen LogP contribution in [0.3, 0.4) is 0 Å². The second-order valence-corrected chi connectivity index (χ2v) is 5.46. The van der Waals surface area contributed by atoms with Crippen molar-refractivity contribution < 1.29 is 19.8 Å². The largest absolute Gasteiger partial charge is 0.480 e. The van der Waals surface area contributed by atoms with E-state index in [1.54, 1.807) is 12.1 Å². The molecule has 4 heteroatoms. The fraction of sp³-hybridized carbons (Fsp3) is 0.111. The molecule has 0 saturated carbocycles. The molecule has 0 bridgehead atoms. The lowest BCUT2D eigenvalue weighted by Crippen LogP contribution is -2.40. The average Bonchev–Trinajstić information content (AvgIpc) is 2.51. The highest BCUT2D eigenvalue weighted by molar-refractivity contribution is 6.09. The van der Waals surface area contributed by atoms with E-state index < -0.39 is 17.4 Å². The Balaban J connectivity index is 2.41. The Morgan fingerprint density at radius 3 is 1.95 bits per heavy atom. The number of benzene rings is 3. The maximum atomic E-state index is 11.6. The fourth-order valence-electron chi connectivity index (χ4n) is 2.72. The van der Waals surface area contributed by atoms with Crippen molar-refractivity contribution in [2.24, 2.45) is 0 Å². The van der Waals surface area contributed by atoms with Gasteiger partial charge in [-0.1, -0.05) is 42.5 Å². The zero-order valence-corrected chi connectivity index (χ0v) is 11.9. The molecule has 0 spiro atoms. The Kier molecular flexibility index (Phi) is 3.10. The van der Waals surface area contributed by atoms with Crippen LogP contribution < -0.4 is 0 Å². The molecule has 0 aromatic heterocycles. The quantitative estimate of drug-likeness (QED) is 0.573.